The lowest BCUT2D eigenvalue weighted by molar-refractivity contribution is -0.274. The molecule has 0 saturated carbocycles. The third kappa shape index (κ3) is 3.36. The standard InChI is InChI=1S/C15H13F3N4O/c1-22-7-6-11-13(20-9-21-14(11)22)19-8-10-4-2-3-5-12(10)23-15(16,17)18/h2-7,9H,8H2,1H3,(H,19,20,21). The van der Waals surface area contributed by atoms with Gasteiger partial charge in [-0.2, -0.15) is 0 Å². The third-order valence-corrected chi connectivity index (χ3v) is 3.31. The zero-order valence-electron chi connectivity index (χ0n) is 12.1. The lowest BCUT2D eigenvalue weighted by atomic mass is 10.2. The second-order valence-electron chi connectivity index (χ2n) is 4.90. The number of benzene rings is 1. The second-order valence-corrected chi connectivity index (χ2v) is 4.90. The highest BCUT2D eigenvalue weighted by Gasteiger charge is 2.31. The largest absolute Gasteiger partial charge is 0.573 e. The Morgan fingerprint density at radius 2 is 1.96 bits per heavy atom. The van der Waals surface area contributed by atoms with Crippen LogP contribution in [0, 0.1) is 0 Å². The molecule has 1 N–H and O–H groups in total. The fraction of sp³-hybridized carbons (Fsp3) is 0.200. The summed E-state index contributed by atoms with van der Waals surface area (Å²) in [6.07, 6.45) is -1.48. The topological polar surface area (TPSA) is 52.0 Å². The monoisotopic (exact) mass is 322 g/mol. The zero-order valence-corrected chi connectivity index (χ0v) is 12.1. The molecule has 0 amide bonds. The summed E-state index contributed by atoms with van der Waals surface area (Å²) in [6.45, 7) is 0.146. The summed E-state index contributed by atoms with van der Waals surface area (Å²) in [7, 11) is 1.85. The Morgan fingerprint density at radius 3 is 2.74 bits per heavy atom. The molecule has 0 spiro atoms. The molecule has 0 fully saturated rings. The summed E-state index contributed by atoms with van der Waals surface area (Å²) < 4.78 is 43.2. The van der Waals surface area contributed by atoms with Crippen LogP contribution in [0.5, 0.6) is 5.75 Å². The highest BCUT2D eigenvalue weighted by atomic mass is 19.4. The summed E-state index contributed by atoms with van der Waals surface area (Å²) in [4.78, 5) is 8.30. The summed E-state index contributed by atoms with van der Waals surface area (Å²) in [5, 5.41) is 3.83. The molecular formula is C15H13F3N4O. The van der Waals surface area contributed by atoms with Crippen molar-refractivity contribution in [2.75, 3.05) is 5.32 Å². The molecule has 3 rings (SSSR count). The Labute approximate surface area is 129 Å². The predicted molar refractivity (Wildman–Crippen MR) is 79.0 cm³/mol. The minimum Gasteiger partial charge on any atom is -0.405 e. The van der Waals surface area contributed by atoms with Gasteiger partial charge in [0.2, 0.25) is 0 Å². The first-order valence-electron chi connectivity index (χ1n) is 6.77. The van der Waals surface area contributed by atoms with E-state index in [0.29, 0.717) is 11.4 Å². The number of aromatic nitrogens is 3. The molecular weight excluding hydrogens is 309 g/mol. The van der Waals surface area contributed by atoms with Crippen molar-refractivity contribution in [3.8, 4) is 5.75 Å². The van der Waals surface area contributed by atoms with E-state index in [1.807, 2.05) is 23.9 Å². The molecule has 8 heteroatoms. The first kappa shape index (κ1) is 15.1. The van der Waals surface area contributed by atoms with E-state index < -0.39 is 6.36 Å². The van der Waals surface area contributed by atoms with Crippen molar-refractivity contribution >= 4 is 16.9 Å². The van der Waals surface area contributed by atoms with Crippen LogP contribution in [0.3, 0.4) is 0 Å². The SMILES string of the molecule is Cn1ccc2c(NCc3ccccc3OC(F)(F)F)ncnc21. The number of fused-ring (bicyclic) bond motifs is 1. The molecule has 0 bridgehead atoms. The minimum atomic E-state index is -4.72. The second kappa shape index (κ2) is 5.79. The summed E-state index contributed by atoms with van der Waals surface area (Å²) >= 11 is 0. The van der Waals surface area contributed by atoms with Crippen LogP contribution in [0.15, 0.2) is 42.9 Å². The van der Waals surface area contributed by atoms with Crippen molar-refractivity contribution < 1.29 is 17.9 Å². The van der Waals surface area contributed by atoms with Gasteiger partial charge in [0.15, 0.2) is 0 Å². The molecule has 3 aromatic rings. The molecule has 2 heterocycles. The van der Waals surface area contributed by atoms with E-state index in [4.69, 9.17) is 0 Å². The maximum Gasteiger partial charge on any atom is 0.573 e. The third-order valence-electron chi connectivity index (χ3n) is 3.31. The quantitative estimate of drug-likeness (QED) is 0.799. The molecule has 0 radical (unpaired) electrons. The van der Waals surface area contributed by atoms with Gasteiger partial charge in [-0.3, -0.25) is 0 Å². The molecule has 0 atom stereocenters. The maximum absolute atomic E-state index is 12.4. The Balaban J connectivity index is 1.83. The van der Waals surface area contributed by atoms with Crippen LogP contribution in [-0.2, 0) is 13.6 Å². The molecule has 5 nitrogen and oxygen atoms in total. The minimum absolute atomic E-state index is 0.146. The van der Waals surface area contributed by atoms with Gasteiger partial charge >= 0.3 is 6.36 Å². The molecule has 0 unspecified atom stereocenters. The first-order chi connectivity index (χ1) is 10.9. The van der Waals surface area contributed by atoms with Crippen molar-refractivity contribution in [2.24, 2.45) is 7.05 Å². The lowest BCUT2D eigenvalue weighted by Gasteiger charge is -2.14. The highest BCUT2D eigenvalue weighted by molar-refractivity contribution is 5.87. The van der Waals surface area contributed by atoms with Gasteiger partial charge in [0.1, 0.15) is 23.5 Å². The number of rotatable bonds is 4. The molecule has 0 saturated heterocycles. The van der Waals surface area contributed by atoms with Crippen LogP contribution in [0.2, 0.25) is 0 Å². The average Bonchev–Trinajstić information content (AvgIpc) is 2.87. The van der Waals surface area contributed by atoms with Gasteiger partial charge in [0, 0.05) is 25.4 Å². The van der Waals surface area contributed by atoms with E-state index in [1.165, 1.54) is 18.5 Å². The maximum atomic E-state index is 12.4. The van der Waals surface area contributed by atoms with Crippen molar-refractivity contribution in [3.05, 3.63) is 48.4 Å². The van der Waals surface area contributed by atoms with Crippen molar-refractivity contribution in [1.29, 1.82) is 0 Å². The average molecular weight is 322 g/mol. The number of alkyl halides is 3. The summed E-state index contributed by atoms with van der Waals surface area (Å²) in [5.74, 6) is 0.322. The van der Waals surface area contributed by atoms with Crippen LogP contribution in [0.1, 0.15) is 5.56 Å². The Hall–Kier alpha value is -2.77. The Morgan fingerprint density at radius 1 is 1.17 bits per heavy atom. The number of para-hydroxylation sites is 1. The van der Waals surface area contributed by atoms with Crippen LogP contribution >= 0.6 is 0 Å². The van der Waals surface area contributed by atoms with Crippen LogP contribution in [0.25, 0.3) is 11.0 Å². The van der Waals surface area contributed by atoms with Gasteiger partial charge in [-0.1, -0.05) is 18.2 Å². The molecule has 2 aromatic heterocycles. The fourth-order valence-electron chi connectivity index (χ4n) is 2.27. The van der Waals surface area contributed by atoms with Crippen LogP contribution < -0.4 is 10.1 Å². The number of nitrogens with zero attached hydrogens (tertiary/aromatic N) is 3. The van der Waals surface area contributed by atoms with E-state index >= 15 is 0 Å². The van der Waals surface area contributed by atoms with Gasteiger partial charge in [-0.15, -0.1) is 13.2 Å². The number of aryl methyl sites for hydroxylation is 1. The Bertz CT molecular complexity index is 829. The predicted octanol–water partition coefficient (Wildman–Crippen LogP) is 3.48. The van der Waals surface area contributed by atoms with Gasteiger partial charge in [0.05, 0.1) is 5.39 Å². The number of nitrogens with one attached hydrogen (secondary N) is 1. The van der Waals surface area contributed by atoms with E-state index in [2.05, 4.69) is 20.0 Å². The fourth-order valence-corrected chi connectivity index (χ4v) is 2.27. The van der Waals surface area contributed by atoms with Crippen molar-refractivity contribution in [1.82, 2.24) is 14.5 Å². The smallest absolute Gasteiger partial charge is 0.405 e. The van der Waals surface area contributed by atoms with Gasteiger partial charge in [0.25, 0.3) is 0 Å². The molecule has 23 heavy (non-hydrogen) atoms. The Kier molecular flexibility index (Phi) is 3.81. The first-order valence-corrected chi connectivity index (χ1v) is 6.77. The van der Waals surface area contributed by atoms with Crippen LogP contribution in [-0.4, -0.2) is 20.9 Å². The summed E-state index contributed by atoms with van der Waals surface area (Å²) in [5.41, 5.74) is 1.12. The molecule has 0 aliphatic rings. The molecule has 0 aliphatic heterocycles. The molecule has 120 valence electrons. The number of ether oxygens (including phenoxy) is 1. The summed E-state index contributed by atoms with van der Waals surface area (Å²) in [6, 6.07) is 7.83. The van der Waals surface area contributed by atoms with Gasteiger partial charge in [-0.05, 0) is 12.1 Å². The number of anilines is 1. The van der Waals surface area contributed by atoms with Gasteiger partial charge < -0.3 is 14.6 Å². The number of hydrogen-bond acceptors (Lipinski definition) is 4. The van der Waals surface area contributed by atoms with Crippen LogP contribution in [0.4, 0.5) is 19.0 Å². The van der Waals surface area contributed by atoms with E-state index in [-0.39, 0.29) is 12.3 Å². The molecule has 1 aromatic carbocycles. The normalized spacial score (nSPS) is 11.7. The number of hydrogen-bond donors (Lipinski definition) is 1. The molecule has 0 aliphatic carbocycles. The van der Waals surface area contributed by atoms with Crippen molar-refractivity contribution in [3.63, 3.8) is 0 Å². The van der Waals surface area contributed by atoms with Crippen molar-refractivity contribution in [2.45, 2.75) is 12.9 Å². The van der Waals surface area contributed by atoms with E-state index in [9.17, 15) is 13.2 Å². The zero-order chi connectivity index (χ0) is 16.4. The van der Waals surface area contributed by atoms with E-state index in [1.54, 1.807) is 12.1 Å². The lowest BCUT2D eigenvalue weighted by Crippen LogP contribution is -2.18. The number of halogens is 3. The van der Waals surface area contributed by atoms with Gasteiger partial charge in [-0.25, -0.2) is 9.97 Å². The van der Waals surface area contributed by atoms with E-state index in [0.717, 1.165) is 11.0 Å². The highest BCUT2D eigenvalue weighted by Crippen LogP contribution is 2.27.